The van der Waals surface area contributed by atoms with Crippen LogP contribution in [0.25, 0.3) is 0 Å². The maximum atomic E-state index is 11.9. The van der Waals surface area contributed by atoms with Gasteiger partial charge in [0.15, 0.2) is 0 Å². The Kier molecular flexibility index (Phi) is 4.74. The zero-order chi connectivity index (χ0) is 13.7. The van der Waals surface area contributed by atoms with E-state index < -0.39 is 0 Å². The summed E-state index contributed by atoms with van der Waals surface area (Å²) < 4.78 is 5.34. The van der Waals surface area contributed by atoms with Crippen LogP contribution in [0, 0.1) is 0 Å². The molecule has 1 aliphatic heterocycles. The predicted molar refractivity (Wildman–Crippen MR) is 75.6 cm³/mol. The third-order valence-electron chi connectivity index (χ3n) is 3.45. The molecule has 0 atom stereocenters. The molecule has 3 heteroatoms. The molecule has 1 aromatic carbocycles. The minimum Gasteiger partial charge on any atom is -0.457 e. The summed E-state index contributed by atoms with van der Waals surface area (Å²) in [5, 5.41) is 0. The fourth-order valence-electron chi connectivity index (χ4n) is 2.16. The zero-order valence-electron chi connectivity index (χ0n) is 11.6. The van der Waals surface area contributed by atoms with Crippen molar-refractivity contribution in [2.45, 2.75) is 32.9 Å². The molecule has 0 amide bonds. The number of hydrogen-bond acceptors (Lipinski definition) is 3. The van der Waals surface area contributed by atoms with Gasteiger partial charge in [-0.05, 0) is 25.8 Å². The highest BCUT2D eigenvalue weighted by atomic mass is 16.5. The first kappa shape index (κ1) is 13.8. The maximum Gasteiger partial charge on any atom is 0.334 e. The van der Waals surface area contributed by atoms with Crippen molar-refractivity contribution >= 4 is 5.97 Å². The second kappa shape index (κ2) is 6.53. The molecular weight excluding hydrogens is 238 g/mol. The van der Waals surface area contributed by atoms with Crippen LogP contribution < -0.4 is 0 Å². The van der Waals surface area contributed by atoms with Crippen LogP contribution >= 0.6 is 0 Å². The molecule has 0 fully saturated rings. The highest BCUT2D eigenvalue weighted by Gasteiger charge is 2.19. The molecule has 19 heavy (non-hydrogen) atoms. The first-order valence-corrected chi connectivity index (χ1v) is 6.81. The summed E-state index contributed by atoms with van der Waals surface area (Å²) in [6.45, 7) is 6.47. The van der Waals surface area contributed by atoms with Crippen LogP contribution in [0.3, 0.4) is 0 Å². The van der Waals surface area contributed by atoms with E-state index in [9.17, 15) is 4.79 Å². The standard InChI is InChI=1S/C16H21NO2/c1-13(2)17-10-8-15(9-11-17)16(18)19-12-14-6-4-3-5-7-14/h3-8,13H,9-12H2,1-2H3. The van der Waals surface area contributed by atoms with Crippen LogP contribution in [0.2, 0.25) is 0 Å². The van der Waals surface area contributed by atoms with Gasteiger partial charge in [-0.3, -0.25) is 4.90 Å². The van der Waals surface area contributed by atoms with E-state index in [1.165, 1.54) is 0 Å². The molecule has 0 spiro atoms. The molecule has 1 heterocycles. The molecule has 0 unspecified atom stereocenters. The Balaban J connectivity index is 1.84. The van der Waals surface area contributed by atoms with E-state index in [0.29, 0.717) is 12.6 Å². The quantitative estimate of drug-likeness (QED) is 0.779. The normalized spacial score (nSPS) is 16.3. The topological polar surface area (TPSA) is 29.5 Å². The largest absolute Gasteiger partial charge is 0.457 e. The lowest BCUT2D eigenvalue weighted by atomic mass is 10.1. The van der Waals surface area contributed by atoms with Crippen LogP contribution in [0.15, 0.2) is 42.0 Å². The van der Waals surface area contributed by atoms with E-state index in [1.54, 1.807) is 0 Å². The van der Waals surface area contributed by atoms with E-state index in [0.717, 1.165) is 30.6 Å². The summed E-state index contributed by atoms with van der Waals surface area (Å²) in [6.07, 6.45) is 2.78. The van der Waals surface area contributed by atoms with Crippen molar-refractivity contribution in [1.29, 1.82) is 0 Å². The van der Waals surface area contributed by atoms with Crippen molar-refractivity contribution in [3.8, 4) is 0 Å². The van der Waals surface area contributed by atoms with Gasteiger partial charge in [0.2, 0.25) is 0 Å². The van der Waals surface area contributed by atoms with Gasteiger partial charge in [-0.25, -0.2) is 4.79 Å². The fraction of sp³-hybridized carbons (Fsp3) is 0.438. The second-order valence-corrected chi connectivity index (χ2v) is 5.13. The highest BCUT2D eigenvalue weighted by molar-refractivity contribution is 5.88. The maximum absolute atomic E-state index is 11.9. The molecule has 1 aromatic rings. The van der Waals surface area contributed by atoms with Gasteiger partial charge in [-0.15, -0.1) is 0 Å². The van der Waals surface area contributed by atoms with Crippen molar-refractivity contribution in [3.05, 3.63) is 47.5 Å². The van der Waals surface area contributed by atoms with E-state index in [4.69, 9.17) is 4.74 Å². The lowest BCUT2D eigenvalue weighted by Crippen LogP contribution is -2.35. The average Bonchev–Trinajstić information content (AvgIpc) is 2.46. The average molecular weight is 259 g/mol. The fourth-order valence-corrected chi connectivity index (χ4v) is 2.16. The predicted octanol–water partition coefficient (Wildman–Crippen LogP) is 2.77. The van der Waals surface area contributed by atoms with E-state index in [1.807, 2.05) is 36.4 Å². The molecule has 2 rings (SSSR count). The van der Waals surface area contributed by atoms with Crippen LogP contribution in [-0.4, -0.2) is 30.0 Å². The van der Waals surface area contributed by atoms with Crippen LogP contribution in [0.1, 0.15) is 25.8 Å². The third kappa shape index (κ3) is 3.93. The number of esters is 1. The number of rotatable bonds is 4. The lowest BCUT2D eigenvalue weighted by molar-refractivity contribution is -0.140. The first-order chi connectivity index (χ1) is 9.16. The number of carbonyl (C=O) groups excluding carboxylic acids is 1. The van der Waals surface area contributed by atoms with Gasteiger partial charge in [0.05, 0.1) is 0 Å². The van der Waals surface area contributed by atoms with Gasteiger partial charge in [0, 0.05) is 24.7 Å². The summed E-state index contributed by atoms with van der Waals surface area (Å²) in [6, 6.07) is 10.3. The highest BCUT2D eigenvalue weighted by Crippen LogP contribution is 2.15. The van der Waals surface area contributed by atoms with Crippen LogP contribution in [0.5, 0.6) is 0 Å². The molecule has 0 bridgehead atoms. The van der Waals surface area contributed by atoms with E-state index in [2.05, 4.69) is 18.7 Å². The summed E-state index contributed by atoms with van der Waals surface area (Å²) in [5.74, 6) is -0.174. The van der Waals surface area contributed by atoms with Crippen LogP contribution in [-0.2, 0) is 16.1 Å². The minimum atomic E-state index is -0.174. The second-order valence-electron chi connectivity index (χ2n) is 5.13. The Morgan fingerprint density at radius 1 is 1.32 bits per heavy atom. The van der Waals surface area contributed by atoms with Crippen molar-refractivity contribution in [3.63, 3.8) is 0 Å². The Morgan fingerprint density at radius 2 is 2.05 bits per heavy atom. The summed E-state index contributed by atoms with van der Waals surface area (Å²) in [4.78, 5) is 14.3. The first-order valence-electron chi connectivity index (χ1n) is 6.81. The molecule has 0 saturated heterocycles. The van der Waals surface area contributed by atoms with E-state index >= 15 is 0 Å². The lowest BCUT2D eigenvalue weighted by Gasteiger charge is -2.28. The molecule has 0 radical (unpaired) electrons. The van der Waals surface area contributed by atoms with Crippen molar-refractivity contribution in [2.24, 2.45) is 0 Å². The van der Waals surface area contributed by atoms with Gasteiger partial charge < -0.3 is 4.74 Å². The number of nitrogens with zero attached hydrogens (tertiary/aromatic N) is 1. The van der Waals surface area contributed by atoms with Crippen molar-refractivity contribution < 1.29 is 9.53 Å². The molecule has 0 aliphatic carbocycles. The van der Waals surface area contributed by atoms with E-state index in [-0.39, 0.29) is 5.97 Å². The summed E-state index contributed by atoms with van der Waals surface area (Å²) >= 11 is 0. The molecular formula is C16H21NO2. The number of carbonyl (C=O) groups is 1. The third-order valence-corrected chi connectivity index (χ3v) is 3.45. The minimum absolute atomic E-state index is 0.174. The Bertz CT molecular complexity index is 451. The smallest absolute Gasteiger partial charge is 0.334 e. The van der Waals surface area contributed by atoms with Gasteiger partial charge in [-0.1, -0.05) is 36.4 Å². The number of hydrogen-bond donors (Lipinski definition) is 0. The SMILES string of the molecule is CC(C)N1CC=C(C(=O)OCc2ccccc2)CC1. The molecule has 0 saturated carbocycles. The Morgan fingerprint density at radius 3 is 2.63 bits per heavy atom. The number of ether oxygens (including phenoxy) is 1. The molecule has 102 valence electrons. The van der Waals surface area contributed by atoms with Gasteiger partial charge in [0.25, 0.3) is 0 Å². The monoisotopic (exact) mass is 259 g/mol. The van der Waals surface area contributed by atoms with Gasteiger partial charge >= 0.3 is 5.97 Å². The summed E-state index contributed by atoms with van der Waals surface area (Å²) in [7, 11) is 0. The molecule has 0 N–H and O–H groups in total. The Labute approximate surface area is 114 Å². The Hall–Kier alpha value is -1.61. The zero-order valence-corrected chi connectivity index (χ0v) is 11.6. The van der Waals surface area contributed by atoms with Gasteiger partial charge in [-0.2, -0.15) is 0 Å². The summed E-state index contributed by atoms with van der Waals surface area (Å²) in [5.41, 5.74) is 1.84. The van der Waals surface area contributed by atoms with Crippen molar-refractivity contribution in [1.82, 2.24) is 4.90 Å². The molecule has 3 nitrogen and oxygen atoms in total. The number of benzene rings is 1. The molecule has 1 aliphatic rings. The van der Waals surface area contributed by atoms with Gasteiger partial charge in [0.1, 0.15) is 6.61 Å². The van der Waals surface area contributed by atoms with Crippen LogP contribution in [0.4, 0.5) is 0 Å². The molecule has 0 aromatic heterocycles. The van der Waals surface area contributed by atoms with Crippen molar-refractivity contribution in [2.75, 3.05) is 13.1 Å².